The molecule has 160 valence electrons. The molecule has 4 nitrogen and oxygen atoms in total. The Morgan fingerprint density at radius 2 is 1.73 bits per heavy atom. The van der Waals surface area contributed by atoms with E-state index in [1.165, 1.54) is 12.0 Å². The average Bonchev–Trinajstić information content (AvgIpc) is 2.73. The second-order valence-electron chi connectivity index (χ2n) is 9.25. The number of nitrogens with one attached hydrogen (secondary N) is 1. The molecule has 1 aliphatic heterocycles. The van der Waals surface area contributed by atoms with E-state index in [1.807, 2.05) is 6.92 Å². The second-order valence-corrected chi connectivity index (χ2v) is 9.25. The third-order valence-electron chi connectivity index (χ3n) is 6.76. The number of Topliss-reactive ketones (excluding diaryl/α,β-unsaturated/α-hetero) is 1. The third-order valence-corrected chi connectivity index (χ3v) is 6.76. The van der Waals surface area contributed by atoms with Crippen molar-refractivity contribution in [2.45, 2.75) is 90.1 Å². The molecule has 0 aromatic heterocycles. The first kappa shape index (κ1) is 20.9. The summed E-state index contributed by atoms with van der Waals surface area (Å²) in [6.45, 7) is 6.28. The number of ether oxygens (including phenoxy) is 1. The van der Waals surface area contributed by atoms with Crippen molar-refractivity contribution in [2.75, 3.05) is 0 Å². The summed E-state index contributed by atoms with van der Waals surface area (Å²) >= 11 is 0. The van der Waals surface area contributed by atoms with Crippen molar-refractivity contribution >= 4 is 11.8 Å². The minimum Gasteiger partial charge on any atom is -0.459 e. The summed E-state index contributed by atoms with van der Waals surface area (Å²) in [6.07, 6.45) is 7.57. The van der Waals surface area contributed by atoms with E-state index < -0.39 is 0 Å². The molecule has 1 fully saturated rings. The van der Waals surface area contributed by atoms with Gasteiger partial charge in [0.05, 0.1) is 5.57 Å². The Labute approximate surface area is 179 Å². The quantitative estimate of drug-likeness (QED) is 0.655. The van der Waals surface area contributed by atoms with E-state index in [1.54, 1.807) is 0 Å². The molecule has 1 aromatic carbocycles. The fourth-order valence-electron chi connectivity index (χ4n) is 5.06. The maximum atomic E-state index is 13.4. The lowest BCUT2D eigenvalue weighted by Crippen LogP contribution is -2.35. The third kappa shape index (κ3) is 4.10. The minimum atomic E-state index is -0.341. The zero-order valence-electron chi connectivity index (χ0n) is 18.4. The Balaban J connectivity index is 1.72. The lowest BCUT2D eigenvalue weighted by atomic mass is 9.75. The van der Waals surface area contributed by atoms with Crippen molar-refractivity contribution in [1.29, 1.82) is 0 Å². The van der Waals surface area contributed by atoms with Gasteiger partial charge in [0.1, 0.15) is 6.10 Å². The summed E-state index contributed by atoms with van der Waals surface area (Å²) in [5.74, 6) is -0.0237. The van der Waals surface area contributed by atoms with Crippen LogP contribution in [0, 0.1) is 0 Å². The highest BCUT2D eigenvalue weighted by atomic mass is 16.5. The number of allylic oxidation sites excluding steroid dienone is 3. The summed E-state index contributed by atoms with van der Waals surface area (Å²) in [4.78, 5) is 26.3. The number of ketones is 1. The van der Waals surface area contributed by atoms with Gasteiger partial charge in [-0.05, 0) is 62.5 Å². The fourth-order valence-corrected chi connectivity index (χ4v) is 5.06. The number of hydrogen-bond acceptors (Lipinski definition) is 4. The fraction of sp³-hybridized carbons (Fsp3) is 0.538. The Kier molecular flexibility index (Phi) is 6.12. The molecule has 4 heteroatoms. The van der Waals surface area contributed by atoms with Crippen LogP contribution in [0.1, 0.15) is 95.1 Å². The average molecular weight is 408 g/mol. The van der Waals surface area contributed by atoms with Crippen molar-refractivity contribution < 1.29 is 14.3 Å². The molecule has 1 aromatic rings. The summed E-state index contributed by atoms with van der Waals surface area (Å²) in [5.41, 5.74) is 5.42. The zero-order valence-corrected chi connectivity index (χ0v) is 18.4. The Bertz CT molecular complexity index is 885. The summed E-state index contributed by atoms with van der Waals surface area (Å²) in [6, 6.07) is 8.40. The molecule has 0 spiro atoms. The normalized spacial score (nSPS) is 22.8. The first-order valence-electron chi connectivity index (χ1n) is 11.5. The maximum Gasteiger partial charge on any atom is 0.337 e. The Hall–Kier alpha value is -2.36. The minimum absolute atomic E-state index is 0.00653. The van der Waals surface area contributed by atoms with Crippen molar-refractivity contribution in [1.82, 2.24) is 5.32 Å². The first-order valence-corrected chi connectivity index (χ1v) is 11.5. The van der Waals surface area contributed by atoms with Crippen LogP contribution >= 0.6 is 0 Å². The number of rotatable bonds is 4. The van der Waals surface area contributed by atoms with Crippen LogP contribution in [-0.4, -0.2) is 17.9 Å². The number of carbonyl (C=O) groups is 2. The monoisotopic (exact) mass is 407 g/mol. The van der Waals surface area contributed by atoms with Gasteiger partial charge in [-0.2, -0.15) is 0 Å². The summed E-state index contributed by atoms with van der Waals surface area (Å²) in [7, 11) is 0. The van der Waals surface area contributed by atoms with Gasteiger partial charge in [-0.1, -0.05) is 44.5 Å². The highest BCUT2D eigenvalue weighted by molar-refractivity contribution is 6.03. The maximum absolute atomic E-state index is 13.4. The molecule has 0 amide bonds. The molecular formula is C26H33NO3. The molecule has 1 unspecified atom stereocenters. The molecule has 3 aliphatic rings. The molecule has 1 N–H and O–H groups in total. The molecule has 2 aliphatic carbocycles. The van der Waals surface area contributed by atoms with Crippen LogP contribution in [0.2, 0.25) is 0 Å². The molecular weight excluding hydrogens is 374 g/mol. The van der Waals surface area contributed by atoms with E-state index >= 15 is 0 Å². The second kappa shape index (κ2) is 8.79. The zero-order chi connectivity index (χ0) is 21.3. The topological polar surface area (TPSA) is 55.4 Å². The number of dihydropyridines is 1. The number of hydrogen-bond donors (Lipinski definition) is 1. The van der Waals surface area contributed by atoms with Gasteiger partial charge in [0.2, 0.25) is 0 Å². The van der Waals surface area contributed by atoms with E-state index in [9.17, 15) is 9.59 Å². The molecule has 0 saturated heterocycles. The first-order chi connectivity index (χ1) is 14.5. The van der Waals surface area contributed by atoms with Gasteiger partial charge >= 0.3 is 5.97 Å². The SMILES string of the molecule is CC1=C(C(=O)OC2CCCCC2)C(c2ccc(C(C)C)cc2)C2=C(CCCC2=O)N1. The van der Waals surface area contributed by atoms with Crippen LogP contribution < -0.4 is 5.32 Å². The van der Waals surface area contributed by atoms with Crippen LogP contribution in [0.25, 0.3) is 0 Å². The predicted molar refractivity (Wildman–Crippen MR) is 118 cm³/mol. The van der Waals surface area contributed by atoms with E-state index in [2.05, 4.69) is 43.4 Å². The number of esters is 1. The lowest BCUT2D eigenvalue weighted by Gasteiger charge is -2.35. The van der Waals surface area contributed by atoms with Crippen LogP contribution in [0.5, 0.6) is 0 Å². The van der Waals surface area contributed by atoms with Gasteiger partial charge in [0.25, 0.3) is 0 Å². The molecule has 1 heterocycles. The molecule has 1 saturated carbocycles. The molecule has 0 bridgehead atoms. The number of carbonyl (C=O) groups excluding carboxylic acids is 2. The van der Waals surface area contributed by atoms with Crippen LogP contribution in [0.4, 0.5) is 0 Å². The highest BCUT2D eigenvalue weighted by Crippen LogP contribution is 2.43. The largest absolute Gasteiger partial charge is 0.459 e. The Morgan fingerprint density at radius 1 is 1.03 bits per heavy atom. The summed E-state index contributed by atoms with van der Waals surface area (Å²) in [5, 5.41) is 3.38. The van der Waals surface area contributed by atoms with Gasteiger partial charge in [-0.3, -0.25) is 4.79 Å². The van der Waals surface area contributed by atoms with Crippen molar-refractivity contribution in [3.63, 3.8) is 0 Å². The van der Waals surface area contributed by atoms with Gasteiger partial charge in [0, 0.05) is 29.3 Å². The number of benzene rings is 1. The smallest absolute Gasteiger partial charge is 0.337 e. The predicted octanol–water partition coefficient (Wildman–Crippen LogP) is 5.65. The Morgan fingerprint density at radius 3 is 2.40 bits per heavy atom. The van der Waals surface area contributed by atoms with Gasteiger partial charge in [-0.15, -0.1) is 0 Å². The highest BCUT2D eigenvalue weighted by Gasteiger charge is 2.39. The summed E-state index contributed by atoms with van der Waals surface area (Å²) < 4.78 is 5.96. The molecule has 30 heavy (non-hydrogen) atoms. The van der Waals surface area contributed by atoms with Crippen LogP contribution in [-0.2, 0) is 14.3 Å². The molecule has 1 atom stereocenters. The van der Waals surface area contributed by atoms with Gasteiger partial charge in [0.15, 0.2) is 5.78 Å². The van der Waals surface area contributed by atoms with E-state index in [4.69, 9.17) is 4.74 Å². The van der Waals surface area contributed by atoms with Gasteiger partial charge < -0.3 is 10.1 Å². The molecule has 4 rings (SSSR count). The van der Waals surface area contributed by atoms with Crippen LogP contribution in [0.15, 0.2) is 46.8 Å². The van der Waals surface area contributed by atoms with Crippen molar-refractivity contribution in [2.24, 2.45) is 0 Å². The van der Waals surface area contributed by atoms with E-state index in [0.717, 1.165) is 61.1 Å². The van der Waals surface area contributed by atoms with E-state index in [0.29, 0.717) is 17.9 Å². The van der Waals surface area contributed by atoms with Gasteiger partial charge in [-0.25, -0.2) is 4.79 Å². The standard InChI is InChI=1S/C26H33NO3/c1-16(2)18-12-14-19(15-13-18)24-23(26(29)30-20-8-5-4-6-9-20)17(3)27-21-10-7-11-22(28)25(21)24/h12-16,20,24,27H,4-11H2,1-3H3. The van der Waals surface area contributed by atoms with E-state index in [-0.39, 0.29) is 23.8 Å². The molecule has 0 radical (unpaired) electrons. The lowest BCUT2D eigenvalue weighted by molar-refractivity contribution is -0.146. The van der Waals surface area contributed by atoms with Crippen molar-refractivity contribution in [3.8, 4) is 0 Å². The van der Waals surface area contributed by atoms with Crippen molar-refractivity contribution in [3.05, 3.63) is 57.9 Å². The van der Waals surface area contributed by atoms with Crippen LogP contribution in [0.3, 0.4) is 0 Å².